The van der Waals surface area contributed by atoms with Crippen molar-refractivity contribution in [3.8, 4) is 0 Å². The first kappa shape index (κ1) is 23.6. The van der Waals surface area contributed by atoms with Crippen molar-refractivity contribution in [2.45, 2.75) is 37.8 Å². The molecule has 0 saturated carbocycles. The fraction of sp³-hybridized carbons (Fsp3) is 0.611. The normalized spacial score (nSPS) is 18.3. The van der Waals surface area contributed by atoms with Crippen LogP contribution in [0.4, 0.5) is 0 Å². The lowest BCUT2D eigenvalue weighted by Crippen LogP contribution is -2.48. The summed E-state index contributed by atoms with van der Waals surface area (Å²) in [5.74, 6) is 2.20. The highest BCUT2D eigenvalue weighted by molar-refractivity contribution is 14.0. The predicted octanol–water partition coefficient (Wildman–Crippen LogP) is 3.14. The third-order valence-electron chi connectivity index (χ3n) is 4.09. The summed E-state index contributed by atoms with van der Waals surface area (Å²) in [6, 6.07) is 7.69. The molecule has 1 heterocycles. The van der Waals surface area contributed by atoms with Crippen LogP contribution in [0.15, 0.2) is 29.3 Å². The van der Waals surface area contributed by atoms with E-state index in [1.807, 2.05) is 36.0 Å². The highest BCUT2D eigenvalue weighted by atomic mass is 127. The fourth-order valence-electron chi connectivity index (χ4n) is 2.79. The minimum atomic E-state index is -2.99. The second-order valence-corrected chi connectivity index (χ2v) is 9.95. The zero-order valence-corrected chi connectivity index (χ0v) is 19.7. The second-order valence-electron chi connectivity index (χ2n) is 6.40. The number of aliphatic imine (C=N–C) groups is 1. The quantitative estimate of drug-likeness (QED) is 0.361. The van der Waals surface area contributed by atoms with Gasteiger partial charge in [-0.3, -0.25) is 0 Å². The van der Waals surface area contributed by atoms with E-state index >= 15 is 0 Å². The zero-order valence-electron chi connectivity index (χ0n) is 15.8. The number of nitrogens with one attached hydrogen (secondary N) is 1. The minimum absolute atomic E-state index is 0. The molecule has 1 N–H and O–H groups in total. The van der Waals surface area contributed by atoms with Crippen molar-refractivity contribution in [2.75, 3.05) is 31.6 Å². The molecule has 1 unspecified atom stereocenters. The molecule has 0 bridgehead atoms. The molecule has 1 saturated heterocycles. The SMILES string of the molecule is CCNC(=NCc1ccc(CS(C)(=O)=O)cc1)N1CCSC(CC)C1.I. The number of guanidine groups is 1. The van der Waals surface area contributed by atoms with Gasteiger partial charge in [0.05, 0.1) is 12.3 Å². The Hall–Kier alpha value is -0.480. The maximum atomic E-state index is 11.4. The molecule has 148 valence electrons. The average Bonchev–Trinajstić information content (AvgIpc) is 2.58. The van der Waals surface area contributed by atoms with Gasteiger partial charge in [0, 0.05) is 36.9 Å². The van der Waals surface area contributed by atoms with E-state index in [0.717, 1.165) is 42.5 Å². The van der Waals surface area contributed by atoms with E-state index in [0.29, 0.717) is 11.8 Å². The Bertz CT molecular complexity index is 678. The summed E-state index contributed by atoms with van der Waals surface area (Å²) in [6.07, 6.45) is 2.44. The van der Waals surface area contributed by atoms with Gasteiger partial charge < -0.3 is 10.2 Å². The molecule has 8 heteroatoms. The van der Waals surface area contributed by atoms with Gasteiger partial charge in [-0.25, -0.2) is 13.4 Å². The van der Waals surface area contributed by atoms with Crippen molar-refractivity contribution in [3.63, 3.8) is 0 Å². The van der Waals surface area contributed by atoms with E-state index < -0.39 is 9.84 Å². The molecule has 2 rings (SSSR count). The first-order valence-corrected chi connectivity index (χ1v) is 11.9. The van der Waals surface area contributed by atoms with E-state index in [1.54, 1.807) is 0 Å². The smallest absolute Gasteiger partial charge is 0.194 e. The number of nitrogens with zero attached hydrogens (tertiary/aromatic N) is 2. The molecule has 0 aliphatic carbocycles. The summed E-state index contributed by atoms with van der Waals surface area (Å²) in [7, 11) is -2.99. The molecule has 0 radical (unpaired) electrons. The predicted molar refractivity (Wildman–Crippen MR) is 123 cm³/mol. The van der Waals surface area contributed by atoms with Gasteiger partial charge in [-0.2, -0.15) is 11.8 Å². The molecule has 1 fully saturated rings. The first-order chi connectivity index (χ1) is 11.9. The molecule has 1 aromatic carbocycles. The van der Waals surface area contributed by atoms with Gasteiger partial charge in [-0.1, -0.05) is 31.2 Å². The fourth-order valence-corrected chi connectivity index (χ4v) is 4.77. The highest BCUT2D eigenvalue weighted by Crippen LogP contribution is 2.21. The molecule has 26 heavy (non-hydrogen) atoms. The number of thioether (sulfide) groups is 1. The van der Waals surface area contributed by atoms with Crippen molar-refractivity contribution in [1.82, 2.24) is 10.2 Å². The number of rotatable bonds is 6. The molecular weight excluding hydrogens is 481 g/mol. The summed E-state index contributed by atoms with van der Waals surface area (Å²) in [5, 5.41) is 4.07. The Labute approximate surface area is 179 Å². The van der Waals surface area contributed by atoms with E-state index in [-0.39, 0.29) is 29.7 Å². The summed E-state index contributed by atoms with van der Waals surface area (Å²) in [6.45, 7) is 7.85. The van der Waals surface area contributed by atoms with Crippen LogP contribution in [-0.2, 0) is 22.1 Å². The van der Waals surface area contributed by atoms with Crippen LogP contribution in [0, 0.1) is 0 Å². The van der Waals surface area contributed by atoms with E-state index in [2.05, 4.69) is 24.1 Å². The van der Waals surface area contributed by atoms with Crippen LogP contribution in [0.3, 0.4) is 0 Å². The van der Waals surface area contributed by atoms with Gasteiger partial charge in [0.25, 0.3) is 0 Å². The molecule has 1 aliphatic rings. The second kappa shape index (κ2) is 11.4. The number of hydrogen-bond donors (Lipinski definition) is 1. The van der Waals surface area contributed by atoms with Crippen LogP contribution < -0.4 is 5.32 Å². The lowest BCUT2D eigenvalue weighted by Gasteiger charge is -2.34. The number of halogens is 1. The van der Waals surface area contributed by atoms with Crippen molar-refractivity contribution < 1.29 is 8.42 Å². The van der Waals surface area contributed by atoms with Gasteiger partial charge in [-0.15, -0.1) is 24.0 Å². The van der Waals surface area contributed by atoms with E-state index in [1.165, 1.54) is 12.7 Å². The Morgan fingerprint density at radius 3 is 2.50 bits per heavy atom. The van der Waals surface area contributed by atoms with Gasteiger partial charge in [0.15, 0.2) is 15.8 Å². The van der Waals surface area contributed by atoms with Crippen molar-refractivity contribution in [3.05, 3.63) is 35.4 Å². The number of hydrogen-bond acceptors (Lipinski definition) is 4. The Morgan fingerprint density at radius 2 is 1.92 bits per heavy atom. The molecule has 5 nitrogen and oxygen atoms in total. The van der Waals surface area contributed by atoms with Crippen molar-refractivity contribution >= 4 is 51.5 Å². The molecule has 1 aliphatic heterocycles. The molecular formula is C18H30IN3O2S2. The average molecular weight is 511 g/mol. The molecule has 1 atom stereocenters. The largest absolute Gasteiger partial charge is 0.357 e. The van der Waals surface area contributed by atoms with Crippen molar-refractivity contribution in [1.29, 1.82) is 0 Å². The van der Waals surface area contributed by atoms with Crippen LogP contribution in [0.5, 0.6) is 0 Å². The van der Waals surface area contributed by atoms with Gasteiger partial charge in [-0.05, 0) is 24.5 Å². The van der Waals surface area contributed by atoms with Crippen LogP contribution in [0.2, 0.25) is 0 Å². The lowest BCUT2D eigenvalue weighted by molar-refractivity contribution is 0.408. The molecule has 0 amide bonds. The third-order valence-corrected chi connectivity index (χ3v) is 6.32. The van der Waals surface area contributed by atoms with E-state index in [4.69, 9.17) is 4.99 Å². The monoisotopic (exact) mass is 511 g/mol. The zero-order chi connectivity index (χ0) is 18.3. The van der Waals surface area contributed by atoms with Crippen LogP contribution >= 0.6 is 35.7 Å². The van der Waals surface area contributed by atoms with Gasteiger partial charge in [0.1, 0.15) is 0 Å². The number of sulfone groups is 1. The van der Waals surface area contributed by atoms with Gasteiger partial charge >= 0.3 is 0 Å². The summed E-state index contributed by atoms with van der Waals surface area (Å²) >= 11 is 2.05. The Morgan fingerprint density at radius 1 is 1.27 bits per heavy atom. The maximum absolute atomic E-state index is 11.4. The molecule has 1 aromatic rings. The Kier molecular flexibility index (Phi) is 10.3. The van der Waals surface area contributed by atoms with Crippen molar-refractivity contribution in [2.24, 2.45) is 4.99 Å². The highest BCUT2D eigenvalue weighted by Gasteiger charge is 2.21. The van der Waals surface area contributed by atoms with Crippen LogP contribution in [0.25, 0.3) is 0 Å². The van der Waals surface area contributed by atoms with E-state index in [9.17, 15) is 8.42 Å². The lowest BCUT2D eigenvalue weighted by atomic mass is 10.1. The summed E-state index contributed by atoms with van der Waals surface area (Å²) in [4.78, 5) is 7.14. The van der Waals surface area contributed by atoms with Gasteiger partial charge in [0.2, 0.25) is 0 Å². The maximum Gasteiger partial charge on any atom is 0.194 e. The van der Waals surface area contributed by atoms with Crippen LogP contribution in [-0.4, -0.2) is 56.2 Å². The Balaban J connectivity index is 0.00000338. The minimum Gasteiger partial charge on any atom is -0.357 e. The third kappa shape index (κ3) is 8.04. The summed E-state index contributed by atoms with van der Waals surface area (Å²) < 4.78 is 22.7. The molecule has 0 spiro atoms. The van der Waals surface area contributed by atoms with Crippen LogP contribution in [0.1, 0.15) is 31.4 Å². The first-order valence-electron chi connectivity index (χ1n) is 8.81. The standard InChI is InChI=1S/C18H29N3O2S2.HI/c1-4-17-13-21(10-11-24-17)18(19-5-2)20-12-15-6-8-16(9-7-15)14-25(3,22)23;/h6-9,17H,4-5,10-14H2,1-3H3,(H,19,20);1H. The molecule has 0 aromatic heterocycles. The number of benzene rings is 1. The summed E-state index contributed by atoms with van der Waals surface area (Å²) in [5.41, 5.74) is 1.91. The topological polar surface area (TPSA) is 61.8 Å².